The molecule has 0 saturated carbocycles. The maximum atomic E-state index is 13.1. The lowest BCUT2D eigenvalue weighted by Gasteiger charge is -2.37. The Morgan fingerprint density at radius 2 is 1.64 bits per heavy atom. The zero-order valence-electron chi connectivity index (χ0n) is 16.6. The Morgan fingerprint density at radius 3 is 2.32 bits per heavy atom. The molecule has 5 nitrogen and oxygen atoms in total. The fourth-order valence-electron chi connectivity index (χ4n) is 4.23. The Labute approximate surface area is 166 Å². The summed E-state index contributed by atoms with van der Waals surface area (Å²) in [5.74, 6) is -0.151. The van der Waals surface area contributed by atoms with E-state index in [1.807, 2.05) is 37.3 Å². The SMILES string of the molecule is Cc1cccc(N2CCN(CN3C(=O)CC(C)(c4ccccc4)C3=O)CC2)c1. The predicted octanol–water partition coefficient (Wildman–Crippen LogP) is 2.79. The largest absolute Gasteiger partial charge is 0.369 e. The van der Waals surface area contributed by atoms with Gasteiger partial charge in [-0.1, -0.05) is 42.5 Å². The molecule has 2 fully saturated rings. The van der Waals surface area contributed by atoms with Gasteiger partial charge in [-0.3, -0.25) is 19.4 Å². The normalized spacial score (nSPS) is 23.5. The summed E-state index contributed by atoms with van der Waals surface area (Å²) in [6.07, 6.45) is 0.249. The molecule has 0 radical (unpaired) electrons. The molecule has 0 bridgehead atoms. The number of anilines is 1. The van der Waals surface area contributed by atoms with E-state index >= 15 is 0 Å². The van der Waals surface area contributed by atoms with E-state index in [9.17, 15) is 9.59 Å². The zero-order chi connectivity index (χ0) is 19.7. The Hall–Kier alpha value is -2.66. The fourth-order valence-corrected chi connectivity index (χ4v) is 4.23. The Morgan fingerprint density at radius 1 is 0.929 bits per heavy atom. The average molecular weight is 377 g/mol. The summed E-state index contributed by atoms with van der Waals surface area (Å²) in [7, 11) is 0. The maximum absolute atomic E-state index is 13.1. The molecule has 0 aliphatic carbocycles. The summed E-state index contributed by atoms with van der Waals surface area (Å²) in [6.45, 7) is 7.86. The lowest BCUT2D eigenvalue weighted by atomic mass is 9.81. The Balaban J connectivity index is 1.40. The number of rotatable bonds is 4. The van der Waals surface area contributed by atoms with Crippen LogP contribution >= 0.6 is 0 Å². The van der Waals surface area contributed by atoms with Crippen molar-refractivity contribution < 1.29 is 9.59 Å². The van der Waals surface area contributed by atoms with Gasteiger partial charge in [-0.2, -0.15) is 0 Å². The lowest BCUT2D eigenvalue weighted by Crippen LogP contribution is -2.51. The second-order valence-electron chi connectivity index (χ2n) is 8.09. The highest BCUT2D eigenvalue weighted by Gasteiger charge is 2.49. The zero-order valence-corrected chi connectivity index (χ0v) is 16.6. The van der Waals surface area contributed by atoms with Crippen LogP contribution in [0.1, 0.15) is 24.5 Å². The average Bonchev–Trinajstić information content (AvgIpc) is 2.93. The van der Waals surface area contributed by atoms with E-state index in [-0.39, 0.29) is 18.2 Å². The van der Waals surface area contributed by atoms with Gasteiger partial charge in [-0.25, -0.2) is 0 Å². The van der Waals surface area contributed by atoms with E-state index in [0.29, 0.717) is 6.67 Å². The number of imide groups is 1. The van der Waals surface area contributed by atoms with Crippen molar-refractivity contribution in [1.82, 2.24) is 9.80 Å². The van der Waals surface area contributed by atoms with Crippen molar-refractivity contribution in [1.29, 1.82) is 0 Å². The molecule has 0 spiro atoms. The van der Waals surface area contributed by atoms with E-state index in [0.717, 1.165) is 31.7 Å². The van der Waals surface area contributed by atoms with Crippen molar-refractivity contribution in [2.75, 3.05) is 37.7 Å². The molecule has 2 aromatic carbocycles. The predicted molar refractivity (Wildman–Crippen MR) is 110 cm³/mol. The van der Waals surface area contributed by atoms with Crippen LogP contribution < -0.4 is 4.90 Å². The number of piperazine rings is 1. The number of carbonyl (C=O) groups is 2. The van der Waals surface area contributed by atoms with Gasteiger partial charge in [-0.05, 0) is 37.1 Å². The van der Waals surface area contributed by atoms with Crippen molar-refractivity contribution in [3.8, 4) is 0 Å². The summed E-state index contributed by atoms with van der Waals surface area (Å²) in [5, 5.41) is 0. The van der Waals surface area contributed by atoms with Crippen molar-refractivity contribution in [2.45, 2.75) is 25.7 Å². The summed E-state index contributed by atoms with van der Waals surface area (Å²) >= 11 is 0. The van der Waals surface area contributed by atoms with Crippen molar-refractivity contribution in [3.05, 3.63) is 65.7 Å². The van der Waals surface area contributed by atoms with Gasteiger partial charge in [0, 0.05) is 38.3 Å². The molecule has 2 aliphatic rings. The summed E-state index contributed by atoms with van der Waals surface area (Å²) < 4.78 is 0. The van der Waals surface area contributed by atoms with Gasteiger partial charge in [0.15, 0.2) is 0 Å². The maximum Gasteiger partial charge on any atom is 0.241 e. The number of hydrogen-bond donors (Lipinski definition) is 0. The van der Waals surface area contributed by atoms with Crippen LogP contribution in [0.2, 0.25) is 0 Å². The molecule has 2 aromatic rings. The highest BCUT2D eigenvalue weighted by atomic mass is 16.2. The first kappa shape index (κ1) is 18.7. The van der Waals surface area contributed by atoms with Gasteiger partial charge in [0.2, 0.25) is 11.8 Å². The van der Waals surface area contributed by atoms with E-state index in [1.165, 1.54) is 16.2 Å². The molecule has 0 N–H and O–H groups in total. The van der Waals surface area contributed by atoms with E-state index in [1.54, 1.807) is 0 Å². The molecule has 0 aromatic heterocycles. The topological polar surface area (TPSA) is 43.9 Å². The standard InChI is InChI=1S/C23H27N3O2/c1-18-7-6-10-20(15-18)25-13-11-24(12-14-25)17-26-21(27)16-23(2,22(26)28)19-8-4-3-5-9-19/h3-10,15H,11-14,16-17H2,1-2H3. The quantitative estimate of drug-likeness (QED) is 0.769. The Kier molecular flexibility index (Phi) is 4.94. The lowest BCUT2D eigenvalue weighted by molar-refractivity contribution is -0.142. The molecule has 2 saturated heterocycles. The van der Waals surface area contributed by atoms with Crippen LogP contribution in [0, 0.1) is 6.92 Å². The molecular weight excluding hydrogens is 350 g/mol. The van der Waals surface area contributed by atoms with Crippen LogP contribution in [-0.2, 0) is 15.0 Å². The van der Waals surface area contributed by atoms with Crippen molar-refractivity contribution >= 4 is 17.5 Å². The van der Waals surface area contributed by atoms with Gasteiger partial charge in [0.25, 0.3) is 0 Å². The van der Waals surface area contributed by atoms with Crippen LogP contribution in [0.15, 0.2) is 54.6 Å². The summed E-state index contributed by atoms with van der Waals surface area (Å²) in [6, 6.07) is 18.2. The highest BCUT2D eigenvalue weighted by molar-refractivity contribution is 6.08. The molecular formula is C23H27N3O2. The number of carbonyl (C=O) groups excluding carboxylic acids is 2. The van der Waals surface area contributed by atoms with Gasteiger partial charge in [0.1, 0.15) is 0 Å². The molecule has 2 aliphatic heterocycles. The summed E-state index contributed by atoms with van der Waals surface area (Å²) in [5.41, 5.74) is 2.67. The molecule has 28 heavy (non-hydrogen) atoms. The molecule has 2 amide bonds. The first-order valence-corrected chi connectivity index (χ1v) is 9.92. The second-order valence-corrected chi connectivity index (χ2v) is 8.09. The minimum Gasteiger partial charge on any atom is -0.369 e. The second kappa shape index (κ2) is 7.40. The van der Waals surface area contributed by atoms with Crippen molar-refractivity contribution in [2.24, 2.45) is 0 Å². The third-order valence-corrected chi connectivity index (χ3v) is 6.01. The highest BCUT2D eigenvalue weighted by Crippen LogP contribution is 2.36. The third-order valence-electron chi connectivity index (χ3n) is 6.01. The number of hydrogen-bond acceptors (Lipinski definition) is 4. The van der Waals surface area contributed by atoms with E-state index in [2.05, 4.69) is 41.0 Å². The summed E-state index contributed by atoms with van der Waals surface area (Å²) in [4.78, 5) is 31.8. The minimum atomic E-state index is -0.748. The van der Waals surface area contributed by atoms with Gasteiger partial charge >= 0.3 is 0 Å². The number of nitrogens with zero attached hydrogens (tertiary/aromatic N) is 3. The van der Waals surface area contributed by atoms with Crippen molar-refractivity contribution in [3.63, 3.8) is 0 Å². The molecule has 2 heterocycles. The molecule has 1 unspecified atom stereocenters. The Bertz CT molecular complexity index is 874. The van der Waals surface area contributed by atoms with Crippen LogP contribution in [0.4, 0.5) is 5.69 Å². The van der Waals surface area contributed by atoms with Gasteiger partial charge in [0.05, 0.1) is 12.1 Å². The molecule has 4 rings (SSSR count). The van der Waals surface area contributed by atoms with Crippen LogP contribution in [-0.4, -0.2) is 54.5 Å². The minimum absolute atomic E-state index is 0.0718. The van der Waals surface area contributed by atoms with E-state index < -0.39 is 5.41 Å². The third kappa shape index (κ3) is 3.42. The van der Waals surface area contributed by atoms with Crippen LogP contribution in [0.5, 0.6) is 0 Å². The van der Waals surface area contributed by atoms with Gasteiger partial charge < -0.3 is 4.90 Å². The van der Waals surface area contributed by atoms with Crippen LogP contribution in [0.25, 0.3) is 0 Å². The fraction of sp³-hybridized carbons (Fsp3) is 0.391. The molecule has 146 valence electrons. The number of benzene rings is 2. The molecule has 1 atom stereocenters. The van der Waals surface area contributed by atoms with Gasteiger partial charge in [-0.15, -0.1) is 0 Å². The number of aryl methyl sites for hydroxylation is 1. The van der Waals surface area contributed by atoms with Crippen LogP contribution in [0.3, 0.4) is 0 Å². The number of likely N-dealkylation sites (tertiary alicyclic amines) is 1. The first-order valence-electron chi connectivity index (χ1n) is 9.92. The first-order chi connectivity index (χ1) is 13.5. The molecule has 5 heteroatoms. The smallest absolute Gasteiger partial charge is 0.241 e. The number of amides is 2. The monoisotopic (exact) mass is 377 g/mol. The van der Waals surface area contributed by atoms with E-state index in [4.69, 9.17) is 0 Å².